The maximum absolute atomic E-state index is 11.5. The predicted octanol–water partition coefficient (Wildman–Crippen LogP) is 4.71. The summed E-state index contributed by atoms with van der Waals surface area (Å²) >= 11 is 0. The van der Waals surface area contributed by atoms with E-state index in [-0.39, 0.29) is 0 Å². The number of hydrogen-bond donors (Lipinski definition) is 1. The summed E-state index contributed by atoms with van der Waals surface area (Å²) in [6, 6.07) is 13.2. The van der Waals surface area contributed by atoms with Gasteiger partial charge in [-0.2, -0.15) is 0 Å². The van der Waals surface area contributed by atoms with E-state index in [0.717, 1.165) is 40.7 Å². The van der Waals surface area contributed by atoms with Crippen LogP contribution in [0.1, 0.15) is 25.7 Å². The number of nitrogens with one attached hydrogen (secondary N) is 1. The molecular weight excluding hydrogens is 348 g/mol. The smallest absolute Gasteiger partial charge is 0.133 e. The molecule has 0 saturated heterocycles. The molecule has 0 aliphatic heterocycles. The highest BCUT2D eigenvalue weighted by Crippen LogP contribution is 2.33. The summed E-state index contributed by atoms with van der Waals surface area (Å²) in [4.78, 5) is 20.7. The molecule has 5 rings (SSSR count). The van der Waals surface area contributed by atoms with Crippen molar-refractivity contribution in [1.82, 2.24) is 14.5 Å². The van der Waals surface area contributed by atoms with Gasteiger partial charge >= 0.3 is 0 Å². The molecule has 2 heterocycles. The monoisotopic (exact) mass is 370 g/mol. The van der Waals surface area contributed by atoms with Crippen molar-refractivity contribution in [1.29, 1.82) is 0 Å². The van der Waals surface area contributed by atoms with Crippen LogP contribution in [0, 0.1) is 0 Å². The molecule has 28 heavy (non-hydrogen) atoms. The molecule has 5 heteroatoms. The van der Waals surface area contributed by atoms with Gasteiger partial charge in [-0.25, -0.2) is 0 Å². The molecule has 140 valence electrons. The third-order valence-electron chi connectivity index (χ3n) is 5.69. The number of nitrogens with zero attached hydrogens (tertiary/aromatic N) is 3. The summed E-state index contributed by atoms with van der Waals surface area (Å²) in [5, 5.41) is 4.85. The molecule has 2 aromatic carbocycles. The van der Waals surface area contributed by atoms with Gasteiger partial charge in [0.2, 0.25) is 0 Å². The van der Waals surface area contributed by atoms with E-state index in [2.05, 4.69) is 69.5 Å². The Kier molecular flexibility index (Phi) is 4.08. The van der Waals surface area contributed by atoms with E-state index in [9.17, 15) is 4.79 Å². The molecule has 0 unspecified atom stereocenters. The lowest BCUT2D eigenvalue weighted by atomic mass is 9.94. The summed E-state index contributed by atoms with van der Waals surface area (Å²) in [5.74, 6) is 0.374. The number of aryl methyl sites for hydroxylation is 1. The van der Waals surface area contributed by atoms with Gasteiger partial charge in [-0.1, -0.05) is 12.1 Å². The van der Waals surface area contributed by atoms with Crippen molar-refractivity contribution >= 4 is 33.4 Å². The first-order chi connectivity index (χ1) is 13.7. The van der Waals surface area contributed by atoms with E-state index in [4.69, 9.17) is 0 Å². The Hall–Kier alpha value is -3.21. The molecule has 1 aliphatic carbocycles. The number of Topliss-reactive ketones (excluding diaryl/α,β-unsaturated/α-hetero) is 1. The summed E-state index contributed by atoms with van der Waals surface area (Å²) in [6.07, 6.45) is 8.67. The van der Waals surface area contributed by atoms with Crippen LogP contribution in [-0.4, -0.2) is 26.4 Å². The van der Waals surface area contributed by atoms with Crippen LogP contribution in [0.2, 0.25) is 0 Å². The molecule has 0 radical (unpaired) electrons. The molecule has 4 aromatic rings. The minimum absolute atomic E-state index is 0.329. The molecule has 0 amide bonds. The third kappa shape index (κ3) is 3.03. The number of anilines is 1. The van der Waals surface area contributed by atoms with Gasteiger partial charge in [-0.05, 0) is 48.1 Å². The van der Waals surface area contributed by atoms with E-state index in [0.29, 0.717) is 24.7 Å². The molecule has 0 spiro atoms. The molecule has 1 aliphatic rings. The summed E-state index contributed by atoms with van der Waals surface area (Å²) in [6.45, 7) is 0. The highest BCUT2D eigenvalue weighted by Gasteiger charge is 2.19. The van der Waals surface area contributed by atoms with E-state index in [1.165, 1.54) is 10.9 Å². The Bertz CT molecular complexity index is 1180. The van der Waals surface area contributed by atoms with E-state index in [1.54, 1.807) is 12.4 Å². The maximum atomic E-state index is 11.5. The average Bonchev–Trinajstić information content (AvgIpc) is 3.09. The lowest BCUT2D eigenvalue weighted by Gasteiger charge is -2.23. The van der Waals surface area contributed by atoms with Gasteiger partial charge in [0.15, 0.2) is 0 Å². The van der Waals surface area contributed by atoms with Crippen LogP contribution >= 0.6 is 0 Å². The Morgan fingerprint density at radius 2 is 1.86 bits per heavy atom. The van der Waals surface area contributed by atoms with Crippen LogP contribution in [0.4, 0.5) is 5.69 Å². The highest BCUT2D eigenvalue weighted by molar-refractivity contribution is 5.97. The molecule has 1 saturated carbocycles. The normalized spacial score (nSPS) is 15.4. The number of benzene rings is 2. The second-order valence-electron chi connectivity index (χ2n) is 7.61. The summed E-state index contributed by atoms with van der Waals surface area (Å²) < 4.78 is 2.13. The lowest BCUT2D eigenvalue weighted by molar-refractivity contribution is -0.120. The average molecular weight is 370 g/mol. The Labute approximate surface area is 163 Å². The number of ketones is 1. The zero-order valence-electron chi connectivity index (χ0n) is 15.9. The van der Waals surface area contributed by atoms with Gasteiger partial charge < -0.3 is 9.88 Å². The van der Waals surface area contributed by atoms with E-state index >= 15 is 0 Å². The number of fused-ring (bicyclic) bond motifs is 2. The quantitative estimate of drug-likeness (QED) is 0.567. The van der Waals surface area contributed by atoms with Gasteiger partial charge in [-0.15, -0.1) is 0 Å². The minimum atomic E-state index is 0.329. The molecule has 1 fully saturated rings. The van der Waals surface area contributed by atoms with Crippen LogP contribution in [0.25, 0.3) is 33.1 Å². The van der Waals surface area contributed by atoms with Gasteiger partial charge in [0.1, 0.15) is 5.78 Å². The molecular formula is C23H22N4O. The van der Waals surface area contributed by atoms with Crippen molar-refractivity contribution in [2.45, 2.75) is 31.7 Å². The Morgan fingerprint density at radius 1 is 1.04 bits per heavy atom. The summed E-state index contributed by atoms with van der Waals surface area (Å²) in [5.41, 5.74) is 6.21. The van der Waals surface area contributed by atoms with Crippen molar-refractivity contribution in [3.05, 3.63) is 55.0 Å². The number of aromatic nitrogens is 3. The summed E-state index contributed by atoms with van der Waals surface area (Å²) in [7, 11) is 2.06. The number of carbonyl (C=O) groups excluding carboxylic acids is 1. The van der Waals surface area contributed by atoms with Crippen LogP contribution in [0.15, 0.2) is 55.0 Å². The van der Waals surface area contributed by atoms with Gasteiger partial charge in [0.25, 0.3) is 0 Å². The van der Waals surface area contributed by atoms with Crippen molar-refractivity contribution in [2.24, 2.45) is 7.05 Å². The van der Waals surface area contributed by atoms with E-state index in [1.807, 2.05) is 0 Å². The first kappa shape index (κ1) is 16.9. The molecule has 0 bridgehead atoms. The van der Waals surface area contributed by atoms with Crippen LogP contribution in [-0.2, 0) is 11.8 Å². The maximum Gasteiger partial charge on any atom is 0.133 e. The molecule has 2 aromatic heterocycles. The molecule has 5 nitrogen and oxygen atoms in total. The van der Waals surface area contributed by atoms with E-state index < -0.39 is 0 Å². The van der Waals surface area contributed by atoms with Crippen molar-refractivity contribution < 1.29 is 4.79 Å². The topological polar surface area (TPSA) is 59.8 Å². The minimum Gasteiger partial charge on any atom is -0.382 e. The fourth-order valence-electron chi connectivity index (χ4n) is 4.13. The SMILES string of the molecule is Cn1ccc2ccc(-c3cc(NC4CCC(=O)CC4)cc4nccnc34)cc21. The second kappa shape index (κ2) is 6.75. The fourth-order valence-corrected chi connectivity index (χ4v) is 4.13. The zero-order valence-corrected chi connectivity index (χ0v) is 15.9. The standard InChI is InChI=1S/C23H22N4O/c1-27-11-8-15-2-3-16(12-22(15)27)20-13-18(14-21-23(20)25-10-9-24-21)26-17-4-6-19(28)7-5-17/h2-3,8-14,17,26H,4-7H2,1H3. The second-order valence-corrected chi connectivity index (χ2v) is 7.61. The Balaban J connectivity index is 1.60. The first-order valence-corrected chi connectivity index (χ1v) is 9.76. The van der Waals surface area contributed by atoms with Crippen molar-refractivity contribution in [3.63, 3.8) is 0 Å². The number of carbonyl (C=O) groups is 1. The lowest BCUT2D eigenvalue weighted by Crippen LogP contribution is -2.26. The van der Waals surface area contributed by atoms with Crippen LogP contribution < -0.4 is 5.32 Å². The Morgan fingerprint density at radius 3 is 2.71 bits per heavy atom. The van der Waals surface area contributed by atoms with Gasteiger partial charge in [0.05, 0.1) is 11.0 Å². The number of hydrogen-bond acceptors (Lipinski definition) is 4. The predicted molar refractivity (Wildman–Crippen MR) is 112 cm³/mol. The fraction of sp³-hybridized carbons (Fsp3) is 0.261. The zero-order chi connectivity index (χ0) is 19.1. The number of rotatable bonds is 3. The van der Waals surface area contributed by atoms with Crippen LogP contribution in [0.3, 0.4) is 0 Å². The van der Waals surface area contributed by atoms with Crippen molar-refractivity contribution in [2.75, 3.05) is 5.32 Å². The third-order valence-corrected chi connectivity index (χ3v) is 5.69. The first-order valence-electron chi connectivity index (χ1n) is 9.76. The molecule has 0 atom stereocenters. The van der Waals surface area contributed by atoms with Gasteiger partial charge in [0, 0.05) is 61.3 Å². The largest absolute Gasteiger partial charge is 0.382 e. The van der Waals surface area contributed by atoms with Gasteiger partial charge in [-0.3, -0.25) is 14.8 Å². The highest BCUT2D eigenvalue weighted by atomic mass is 16.1. The van der Waals surface area contributed by atoms with Crippen LogP contribution in [0.5, 0.6) is 0 Å². The molecule has 1 N–H and O–H groups in total. The van der Waals surface area contributed by atoms with Crippen molar-refractivity contribution in [3.8, 4) is 11.1 Å².